The van der Waals surface area contributed by atoms with Gasteiger partial charge in [-0.3, -0.25) is 0 Å². The van der Waals surface area contributed by atoms with E-state index in [0.29, 0.717) is 0 Å². The van der Waals surface area contributed by atoms with Gasteiger partial charge in [0.2, 0.25) is 0 Å². The van der Waals surface area contributed by atoms with Gasteiger partial charge in [0.1, 0.15) is 0 Å². The molecule has 0 unspecified atom stereocenters. The zero-order valence-corrected chi connectivity index (χ0v) is 66.6. The lowest BCUT2D eigenvalue weighted by molar-refractivity contribution is 0.590. The number of benzene rings is 13. The Morgan fingerprint density at radius 2 is 0.505 bits per heavy atom. The Bertz CT molecular complexity index is 6520. The predicted molar refractivity (Wildman–Crippen MR) is 470 cm³/mol. The van der Waals surface area contributed by atoms with Crippen molar-refractivity contribution in [1.82, 2.24) is 18.3 Å². The van der Waals surface area contributed by atoms with E-state index < -0.39 is 0 Å². The second-order valence-corrected chi connectivity index (χ2v) is 37.6. The largest absolute Gasteiger partial charge is 0.309 e. The number of anilines is 6. The molecule has 0 atom stereocenters. The van der Waals surface area contributed by atoms with Crippen molar-refractivity contribution < 1.29 is 0 Å². The van der Waals surface area contributed by atoms with Crippen molar-refractivity contribution in [2.75, 3.05) is 9.80 Å². The second-order valence-electron chi connectivity index (χ2n) is 37.6. The summed E-state index contributed by atoms with van der Waals surface area (Å²) in [6, 6.07) is 102. The Morgan fingerprint density at radius 1 is 0.202 bits per heavy atom. The van der Waals surface area contributed by atoms with E-state index in [1.807, 2.05) is 0 Å². The van der Waals surface area contributed by atoms with Crippen LogP contribution in [0.15, 0.2) is 261 Å². The van der Waals surface area contributed by atoms with Crippen LogP contribution in [0.3, 0.4) is 0 Å². The van der Waals surface area contributed by atoms with Crippen molar-refractivity contribution >= 4 is 144 Å². The maximum Gasteiger partial charge on any atom is 0.252 e. The summed E-state index contributed by atoms with van der Waals surface area (Å²) < 4.78 is 10.2. The normalized spacial score (nSPS) is 13.7. The van der Waals surface area contributed by atoms with Crippen LogP contribution in [0.4, 0.5) is 34.1 Å². The van der Waals surface area contributed by atoms with Gasteiger partial charge in [0, 0.05) is 88.6 Å². The van der Waals surface area contributed by atoms with Crippen LogP contribution < -0.4 is 26.2 Å². The zero-order chi connectivity index (χ0) is 75.7. The van der Waals surface area contributed by atoms with Gasteiger partial charge in [-0.15, -0.1) is 0 Å². The van der Waals surface area contributed by atoms with E-state index >= 15 is 0 Å². The Kier molecular flexibility index (Phi) is 14.8. The van der Waals surface area contributed by atoms with Crippen LogP contribution in [0.25, 0.3) is 110 Å². The molecule has 0 saturated heterocycles. The Morgan fingerprint density at radius 3 is 0.862 bits per heavy atom. The molecule has 0 saturated carbocycles. The molecule has 0 amide bonds. The van der Waals surface area contributed by atoms with Gasteiger partial charge in [0.15, 0.2) is 0 Å². The summed E-state index contributed by atoms with van der Waals surface area (Å²) in [5.74, 6) is 0. The molecule has 6 nitrogen and oxygen atoms in total. The van der Waals surface area contributed by atoms with Crippen LogP contribution in [-0.4, -0.2) is 25.0 Å². The lowest BCUT2D eigenvalue weighted by Crippen LogP contribution is -2.61. The number of aromatic nitrogens is 4. The van der Waals surface area contributed by atoms with Crippen LogP contribution in [0.2, 0.25) is 0 Å². The zero-order valence-electron chi connectivity index (χ0n) is 66.6. The molecule has 13 aromatic carbocycles. The average molecular weight is 1420 g/mol. The van der Waals surface area contributed by atoms with Gasteiger partial charge in [0.25, 0.3) is 6.71 Å². The maximum absolute atomic E-state index is 2.72. The topological polar surface area (TPSA) is 26.2 Å². The summed E-state index contributed by atoms with van der Waals surface area (Å²) in [5.41, 5.74) is 31.7. The first-order chi connectivity index (χ1) is 51.9. The number of hydrogen-bond acceptors (Lipinski definition) is 2. The van der Waals surface area contributed by atoms with Gasteiger partial charge >= 0.3 is 0 Å². The first kappa shape index (κ1) is 68.3. The van der Waals surface area contributed by atoms with E-state index in [-0.39, 0.29) is 39.2 Å². The summed E-state index contributed by atoms with van der Waals surface area (Å²) in [6.07, 6.45) is 0. The van der Waals surface area contributed by atoms with Crippen LogP contribution in [0.5, 0.6) is 0 Å². The van der Waals surface area contributed by atoms with Crippen molar-refractivity contribution in [3.63, 3.8) is 0 Å². The summed E-state index contributed by atoms with van der Waals surface area (Å²) in [4.78, 5) is 5.42. The van der Waals surface area contributed by atoms with E-state index in [4.69, 9.17) is 0 Å². The van der Waals surface area contributed by atoms with E-state index in [0.717, 1.165) is 56.5 Å². The van der Waals surface area contributed by atoms with Crippen LogP contribution in [0, 0.1) is 0 Å². The monoisotopic (exact) mass is 1420 g/mol. The molecule has 17 aromatic rings. The molecular weight excluding hydrogens is 1320 g/mol. The van der Waals surface area contributed by atoms with E-state index in [9.17, 15) is 0 Å². The molecule has 19 rings (SSSR count). The van der Waals surface area contributed by atoms with Gasteiger partial charge in [-0.05, 0) is 222 Å². The molecule has 4 aromatic heterocycles. The highest BCUT2D eigenvalue weighted by atomic mass is 15.2. The Labute approximate surface area is 642 Å². The number of rotatable bonds is 6. The van der Waals surface area contributed by atoms with E-state index in [1.165, 1.54) is 137 Å². The number of nitrogens with zero attached hydrogens (tertiary/aromatic N) is 6. The minimum atomic E-state index is -0.316. The van der Waals surface area contributed by atoms with E-state index in [2.05, 4.69) is 414 Å². The van der Waals surface area contributed by atoms with Crippen molar-refractivity contribution in [3.8, 4) is 22.7 Å². The average Bonchev–Trinajstić information content (AvgIpc) is 1.50. The number of para-hydroxylation sites is 5. The van der Waals surface area contributed by atoms with Crippen molar-refractivity contribution in [2.45, 2.75) is 157 Å². The van der Waals surface area contributed by atoms with Crippen molar-refractivity contribution in [3.05, 3.63) is 294 Å². The van der Waals surface area contributed by atoms with E-state index in [1.54, 1.807) is 0 Å². The van der Waals surface area contributed by atoms with Gasteiger partial charge < -0.3 is 28.1 Å². The van der Waals surface area contributed by atoms with Crippen molar-refractivity contribution in [2.24, 2.45) is 0 Å². The van der Waals surface area contributed by atoms with Gasteiger partial charge in [-0.25, -0.2) is 0 Å². The lowest BCUT2D eigenvalue weighted by Gasteiger charge is -2.45. The maximum atomic E-state index is 2.72. The van der Waals surface area contributed by atoms with Crippen LogP contribution in [0.1, 0.15) is 158 Å². The highest BCUT2D eigenvalue weighted by molar-refractivity contribution is 7.00. The first-order valence-corrected chi connectivity index (χ1v) is 39.3. The fourth-order valence-corrected chi connectivity index (χ4v) is 18.2. The first-order valence-electron chi connectivity index (χ1n) is 39.3. The fourth-order valence-electron chi connectivity index (χ4n) is 18.2. The highest BCUT2D eigenvalue weighted by Gasteiger charge is 2.46. The molecule has 0 bridgehead atoms. The SMILES string of the molecule is CC(C)(C)c1cc2c3c(c1)N(c1cccc4c5cc(C(C)(C)C)ccc5n(-c5ccccc5)c14)c1cc(-n4c5ccc(C(C)(C)C)cc5c5cc(C(C)(C)C)ccc54)ccc1B3c1ccc(-n3c4ccc(C(C)(C)C)cc4c4cc(C(C)(C)C)ccc43)cc1N2c1cccc2c3ccccc3n(-c3ccccc3)c12. The van der Waals surface area contributed by atoms with Gasteiger partial charge in [-0.1, -0.05) is 246 Å². The smallest absolute Gasteiger partial charge is 0.252 e. The van der Waals surface area contributed by atoms with Gasteiger partial charge in [-0.2, -0.15) is 0 Å². The third-order valence-corrected chi connectivity index (χ3v) is 24.2. The number of fused-ring (bicyclic) bond motifs is 16. The van der Waals surface area contributed by atoms with Gasteiger partial charge in [0.05, 0.1) is 55.5 Å². The molecule has 109 heavy (non-hydrogen) atoms. The minimum Gasteiger partial charge on any atom is -0.309 e. The molecule has 7 heteroatoms. The lowest BCUT2D eigenvalue weighted by atomic mass is 9.33. The molecule has 538 valence electrons. The summed E-state index contributed by atoms with van der Waals surface area (Å²) in [5, 5.41) is 9.94. The molecule has 2 aliphatic heterocycles. The Hall–Kier alpha value is -11.3. The third-order valence-electron chi connectivity index (χ3n) is 24.2. The van der Waals surface area contributed by atoms with Crippen molar-refractivity contribution in [1.29, 1.82) is 0 Å². The highest BCUT2D eigenvalue weighted by Crippen LogP contribution is 2.53. The Balaban J connectivity index is 0.974. The second kappa shape index (κ2) is 23.6. The molecule has 6 heterocycles. The van der Waals surface area contributed by atoms with Crippen LogP contribution in [-0.2, 0) is 32.5 Å². The molecule has 0 spiro atoms. The standard InChI is InChI=1S/C102H97BN6/c1-97(2,3)62-43-52-87-75(53-62)74-35-28-38-89(96(74)107(87)69-31-23-20-24-32-69)109-91-61-71(105-85-50-41-65(100(10,11)12)56-78(85)79-57-66(101(13,14)15)42-51-86(79)105)45-47-81(91)103-80-46-44-70(104-83-48-39-63(98(4,5)6)54-76(83)77-55-64(99(7,8)9)40-49-84(77)104)60-90(80)108(92-58-67(102(16,17)18)59-93(109)94(92)103)88-37-27-34-73-72-33-25-26-36-82(72)106(95(73)88)68-29-21-19-22-30-68/h19-61H,1-18H3. The molecule has 0 fully saturated rings. The molecule has 0 N–H and O–H groups in total. The predicted octanol–water partition coefficient (Wildman–Crippen LogP) is 25.9. The van der Waals surface area contributed by atoms with Crippen LogP contribution >= 0.6 is 0 Å². The third kappa shape index (κ3) is 10.6. The molecule has 0 radical (unpaired) electrons. The summed E-state index contributed by atoms with van der Waals surface area (Å²) in [7, 11) is 0. The summed E-state index contributed by atoms with van der Waals surface area (Å²) >= 11 is 0. The quantitative estimate of drug-likeness (QED) is 0.155. The minimum absolute atomic E-state index is 0.0522. The molecular formula is C102H97BN6. The molecule has 2 aliphatic rings. The summed E-state index contributed by atoms with van der Waals surface area (Å²) in [6.45, 7) is 42.1. The fraction of sp³-hybridized carbons (Fsp3) is 0.235. The molecule has 0 aliphatic carbocycles. The number of hydrogen-bond donors (Lipinski definition) is 0.